The van der Waals surface area contributed by atoms with Crippen molar-refractivity contribution in [2.75, 3.05) is 26.8 Å². The number of nitrogens with one attached hydrogen (secondary N) is 2. The van der Waals surface area contributed by atoms with Crippen LogP contribution in [-0.4, -0.2) is 44.9 Å². The lowest BCUT2D eigenvalue weighted by atomic mass is 9.78. The molecule has 2 fully saturated rings. The van der Waals surface area contributed by atoms with Crippen LogP contribution in [0.5, 0.6) is 5.75 Å². The normalized spacial score (nSPS) is 26.1. The third-order valence-electron chi connectivity index (χ3n) is 5.44. The molecule has 0 radical (unpaired) electrons. The molecule has 1 amide bonds. The highest BCUT2D eigenvalue weighted by molar-refractivity contribution is 5.82. The smallest absolute Gasteiger partial charge is 0.239 e. The Morgan fingerprint density at radius 1 is 1.38 bits per heavy atom. The van der Waals surface area contributed by atoms with E-state index in [1.165, 1.54) is 18.4 Å². The number of benzene rings is 1. The van der Waals surface area contributed by atoms with Crippen LogP contribution in [-0.2, 0) is 14.9 Å². The Morgan fingerprint density at radius 3 is 2.83 bits per heavy atom. The molecule has 5 nitrogen and oxygen atoms in total. The molecular weight excluding hydrogens is 304 g/mol. The van der Waals surface area contributed by atoms with E-state index in [2.05, 4.69) is 22.8 Å². The molecule has 3 rings (SSSR count). The zero-order valence-electron chi connectivity index (χ0n) is 14.6. The van der Waals surface area contributed by atoms with E-state index in [4.69, 9.17) is 9.47 Å². The molecule has 1 aliphatic heterocycles. The molecule has 2 N–H and O–H groups in total. The summed E-state index contributed by atoms with van der Waals surface area (Å²) in [5.41, 5.74) is 1.19. The van der Waals surface area contributed by atoms with Crippen LogP contribution in [0.2, 0.25) is 0 Å². The molecule has 0 bridgehead atoms. The molecule has 1 saturated carbocycles. The first-order valence-corrected chi connectivity index (χ1v) is 8.92. The van der Waals surface area contributed by atoms with Gasteiger partial charge in [-0.2, -0.15) is 0 Å². The highest BCUT2D eigenvalue weighted by Gasteiger charge is 2.39. The third-order valence-corrected chi connectivity index (χ3v) is 5.44. The summed E-state index contributed by atoms with van der Waals surface area (Å²) in [6.45, 7) is 3.98. The summed E-state index contributed by atoms with van der Waals surface area (Å²) < 4.78 is 11.2. The minimum absolute atomic E-state index is 0.0268. The highest BCUT2D eigenvalue weighted by atomic mass is 16.5. The summed E-state index contributed by atoms with van der Waals surface area (Å²) in [5.74, 6) is 0.949. The standard InChI is InChI=1S/C19H28N2O3/c1-14-17(20-11-12-24-14)18(22)21-13-19(9-5-6-10-19)15-7-3-4-8-16(15)23-2/h3-4,7-8,14,17,20H,5-6,9-13H2,1-2H3,(H,21,22)/t14-,17+/m1/s1. The molecule has 2 atom stereocenters. The second-order valence-electron chi connectivity index (χ2n) is 6.91. The fourth-order valence-electron chi connectivity index (χ4n) is 4.07. The molecule has 24 heavy (non-hydrogen) atoms. The monoisotopic (exact) mass is 332 g/mol. The molecule has 0 unspecified atom stereocenters. The van der Waals surface area contributed by atoms with Crippen LogP contribution >= 0.6 is 0 Å². The number of ether oxygens (including phenoxy) is 2. The summed E-state index contributed by atoms with van der Waals surface area (Å²) in [4.78, 5) is 12.6. The number of hydrogen-bond donors (Lipinski definition) is 2. The van der Waals surface area contributed by atoms with E-state index in [0.717, 1.165) is 25.1 Å². The Balaban J connectivity index is 1.73. The topological polar surface area (TPSA) is 59.6 Å². The van der Waals surface area contributed by atoms with Gasteiger partial charge in [0.15, 0.2) is 0 Å². The van der Waals surface area contributed by atoms with Crippen LogP contribution in [0.15, 0.2) is 24.3 Å². The van der Waals surface area contributed by atoms with Gasteiger partial charge in [-0.3, -0.25) is 4.79 Å². The van der Waals surface area contributed by atoms with E-state index in [0.29, 0.717) is 13.2 Å². The molecule has 1 aliphatic carbocycles. The van der Waals surface area contributed by atoms with Gasteiger partial charge in [0.25, 0.3) is 0 Å². The van der Waals surface area contributed by atoms with Gasteiger partial charge in [0.2, 0.25) is 5.91 Å². The first-order chi connectivity index (χ1) is 11.7. The van der Waals surface area contributed by atoms with Crippen LogP contribution in [0.4, 0.5) is 0 Å². The Hall–Kier alpha value is -1.59. The molecule has 5 heteroatoms. The second kappa shape index (κ2) is 7.53. The van der Waals surface area contributed by atoms with E-state index < -0.39 is 0 Å². The van der Waals surface area contributed by atoms with E-state index in [9.17, 15) is 4.79 Å². The quantitative estimate of drug-likeness (QED) is 0.866. The Morgan fingerprint density at radius 2 is 2.12 bits per heavy atom. The van der Waals surface area contributed by atoms with Crippen LogP contribution in [0.3, 0.4) is 0 Å². The number of carbonyl (C=O) groups excluding carboxylic acids is 1. The van der Waals surface area contributed by atoms with Gasteiger partial charge in [-0.15, -0.1) is 0 Å². The van der Waals surface area contributed by atoms with Gasteiger partial charge in [-0.25, -0.2) is 0 Å². The molecule has 1 saturated heterocycles. The van der Waals surface area contributed by atoms with Crippen molar-refractivity contribution in [1.82, 2.24) is 10.6 Å². The number of methoxy groups -OCH3 is 1. The van der Waals surface area contributed by atoms with Crippen molar-refractivity contribution in [2.24, 2.45) is 0 Å². The second-order valence-corrected chi connectivity index (χ2v) is 6.91. The van der Waals surface area contributed by atoms with Crippen molar-refractivity contribution in [2.45, 2.75) is 50.2 Å². The van der Waals surface area contributed by atoms with Gasteiger partial charge in [0.1, 0.15) is 11.8 Å². The molecule has 0 spiro atoms. The zero-order valence-corrected chi connectivity index (χ0v) is 14.6. The van der Waals surface area contributed by atoms with Gasteiger partial charge in [-0.1, -0.05) is 31.0 Å². The Labute approximate surface area is 144 Å². The summed E-state index contributed by atoms with van der Waals surface area (Å²) in [7, 11) is 1.71. The van der Waals surface area contributed by atoms with Gasteiger partial charge in [-0.05, 0) is 25.8 Å². The average molecular weight is 332 g/mol. The summed E-state index contributed by atoms with van der Waals surface area (Å²) in [5, 5.41) is 6.44. The van der Waals surface area contributed by atoms with E-state index in [-0.39, 0.29) is 23.5 Å². The van der Waals surface area contributed by atoms with Crippen molar-refractivity contribution >= 4 is 5.91 Å². The lowest BCUT2D eigenvalue weighted by Gasteiger charge is -2.34. The van der Waals surface area contributed by atoms with Crippen molar-refractivity contribution in [3.63, 3.8) is 0 Å². The third kappa shape index (κ3) is 3.42. The largest absolute Gasteiger partial charge is 0.496 e. The number of morpholine rings is 1. The zero-order chi connectivity index (χ0) is 17.0. The van der Waals surface area contributed by atoms with Gasteiger partial charge in [0, 0.05) is 24.1 Å². The SMILES string of the molecule is COc1ccccc1C1(CNC(=O)[C@H]2NCCO[C@@H]2C)CCCC1. The number of amides is 1. The maximum Gasteiger partial charge on any atom is 0.239 e. The minimum Gasteiger partial charge on any atom is -0.496 e. The number of rotatable bonds is 5. The Kier molecular flexibility index (Phi) is 5.41. The molecule has 2 aliphatic rings. The molecule has 0 aromatic heterocycles. The minimum atomic E-state index is -0.269. The fourth-order valence-corrected chi connectivity index (χ4v) is 4.07. The van der Waals surface area contributed by atoms with Crippen molar-refractivity contribution in [3.05, 3.63) is 29.8 Å². The fraction of sp³-hybridized carbons (Fsp3) is 0.632. The molecular formula is C19H28N2O3. The lowest BCUT2D eigenvalue weighted by molar-refractivity contribution is -0.129. The van der Waals surface area contributed by atoms with Crippen molar-refractivity contribution in [1.29, 1.82) is 0 Å². The van der Waals surface area contributed by atoms with Crippen molar-refractivity contribution < 1.29 is 14.3 Å². The molecule has 1 heterocycles. The van der Waals surface area contributed by atoms with Crippen molar-refractivity contribution in [3.8, 4) is 5.75 Å². The highest BCUT2D eigenvalue weighted by Crippen LogP contribution is 2.44. The average Bonchev–Trinajstić information content (AvgIpc) is 3.10. The molecule has 1 aromatic rings. The van der Waals surface area contributed by atoms with Gasteiger partial charge < -0.3 is 20.1 Å². The molecule has 1 aromatic carbocycles. The lowest BCUT2D eigenvalue weighted by Crippen LogP contribution is -2.56. The van der Waals surface area contributed by atoms with E-state index >= 15 is 0 Å². The number of carbonyl (C=O) groups is 1. The van der Waals surface area contributed by atoms with E-state index in [1.54, 1.807) is 7.11 Å². The summed E-state index contributed by atoms with van der Waals surface area (Å²) in [6.07, 6.45) is 4.45. The first kappa shape index (κ1) is 17.2. The van der Waals surface area contributed by atoms with E-state index in [1.807, 2.05) is 19.1 Å². The predicted molar refractivity (Wildman–Crippen MR) is 93.4 cm³/mol. The van der Waals surface area contributed by atoms with Crippen LogP contribution in [0.25, 0.3) is 0 Å². The van der Waals surface area contributed by atoms with Gasteiger partial charge in [0.05, 0.1) is 19.8 Å². The summed E-state index contributed by atoms with van der Waals surface area (Å²) in [6, 6.07) is 7.93. The van der Waals surface area contributed by atoms with Crippen LogP contribution < -0.4 is 15.4 Å². The van der Waals surface area contributed by atoms with Gasteiger partial charge >= 0.3 is 0 Å². The predicted octanol–water partition coefficient (Wildman–Crippen LogP) is 2.00. The number of para-hydroxylation sites is 1. The Bertz CT molecular complexity index is 569. The van der Waals surface area contributed by atoms with Crippen LogP contribution in [0.1, 0.15) is 38.2 Å². The van der Waals surface area contributed by atoms with Crippen LogP contribution in [0, 0.1) is 0 Å². The maximum atomic E-state index is 12.6. The summed E-state index contributed by atoms with van der Waals surface area (Å²) >= 11 is 0. The molecule has 132 valence electrons. The first-order valence-electron chi connectivity index (χ1n) is 8.92. The number of hydrogen-bond acceptors (Lipinski definition) is 4. The maximum absolute atomic E-state index is 12.6.